The van der Waals surface area contributed by atoms with E-state index in [2.05, 4.69) is 19.2 Å². The summed E-state index contributed by atoms with van der Waals surface area (Å²) in [5.74, 6) is 0.571. The van der Waals surface area contributed by atoms with Crippen LogP contribution in [0, 0.1) is 5.92 Å². The average molecular weight is 191 g/mol. The van der Waals surface area contributed by atoms with Gasteiger partial charge in [0.25, 0.3) is 5.91 Å². The Balaban J connectivity index is 2.97. The minimum atomic E-state index is 0.00116. The lowest BCUT2D eigenvalue weighted by Gasteiger charge is -2.09. The molecule has 0 bridgehead atoms. The molecule has 0 aliphatic carbocycles. The Morgan fingerprint density at radius 1 is 1.36 bits per heavy atom. The lowest BCUT2D eigenvalue weighted by Crippen LogP contribution is -2.19. The highest BCUT2D eigenvalue weighted by Crippen LogP contribution is 2.13. The average Bonchev–Trinajstić information content (AvgIpc) is 2.16. The summed E-state index contributed by atoms with van der Waals surface area (Å²) in [6, 6.07) is 7.76. The van der Waals surface area contributed by atoms with Crippen molar-refractivity contribution in [3.8, 4) is 0 Å². The van der Waals surface area contributed by atoms with Crippen LogP contribution in [0.4, 0.5) is 0 Å². The zero-order chi connectivity index (χ0) is 10.6. The first-order valence-corrected chi connectivity index (χ1v) is 4.95. The molecular weight excluding hydrogens is 174 g/mol. The molecule has 0 saturated heterocycles. The molecule has 1 rings (SSSR count). The molecule has 1 N–H and O–H groups in total. The standard InChI is InChI=1S/C12H17NO/c1-9(2)8-10-6-4-5-7-11(10)12(14)13-3/h4-7,9H,8H2,1-3H3,(H,13,14). The first-order valence-electron chi connectivity index (χ1n) is 4.95. The summed E-state index contributed by atoms with van der Waals surface area (Å²) in [7, 11) is 1.66. The second-order valence-electron chi connectivity index (χ2n) is 3.83. The van der Waals surface area contributed by atoms with Crippen LogP contribution in [-0.4, -0.2) is 13.0 Å². The van der Waals surface area contributed by atoms with Gasteiger partial charge in [-0.25, -0.2) is 0 Å². The van der Waals surface area contributed by atoms with Crippen LogP contribution in [0.1, 0.15) is 29.8 Å². The van der Waals surface area contributed by atoms with Gasteiger partial charge in [0.05, 0.1) is 0 Å². The van der Waals surface area contributed by atoms with Gasteiger partial charge >= 0.3 is 0 Å². The molecule has 2 heteroatoms. The zero-order valence-electron chi connectivity index (χ0n) is 9.00. The summed E-state index contributed by atoms with van der Waals surface area (Å²) in [4.78, 5) is 11.5. The highest BCUT2D eigenvalue weighted by Gasteiger charge is 2.09. The molecule has 1 amide bonds. The predicted molar refractivity (Wildman–Crippen MR) is 58.4 cm³/mol. The van der Waals surface area contributed by atoms with Crippen molar-refractivity contribution in [1.29, 1.82) is 0 Å². The molecule has 0 aliphatic rings. The molecule has 0 spiro atoms. The van der Waals surface area contributed by atoms with Crippen molar-refractivity contribution in [1.82, 2.24) is 5.32 Å². The third kappa shape index (κ3) is 2.59. The van der Waals surface area contributed by atoms with E-state index in [-0.39, 0.29) is 5.91 Å². The number of nitrogens with one attached hydrogen (secondary N) is 1. The topological polar surface area (TPSA) is 29.1 Å². The van der Waals surface area contributed by atoms with Gasteiger partial charge in [-0.05, 0) is 24.0 Å². The molecule has 0 aromatic heterocycles. The molecular formula is C12H17NO. The molecule has 14 heavy (non-hydrogen) atoms. The van der Waals surface area contributed by atoms with Crippen LogP contribution < -0.4 is 5.32 Å². The molecule has 0 radical (unpaired) electrons. The second kappa shape index (κ2) is 4.80. The van der Waals surface area contributed by atoms with Crippen LogP contribution in [0.2, 0.25) is 0 Å². The third-order valence-corrected chi connectivity index (χ3v) is 2.12. The number of hydrogen-bond donors (Lipinski definition) is 1. The normalized spacial score (nSPS) is 10.3. The lowest BCUT2D eigenvalue weighted by molar-refractivity contribution is 0.0962. The summed E-state index contributed by atoms with van der Waals surface area (Å²) in [6.07, 6.45) is 0.948. The van der Waals surface area contributed by atoms with Gasteiger partial charge in [-0.1, -0.05) is 32.0 Å². The minimum Gasteiger partial charge on any atom is -0.355 e. The fourth-order valence-electron chi connectivity index (χ4n) is 1.49. The van der Waals surface area contributed by atoms with Crippen LogP contribution in [0.5, 0.6) is 0 Å². The highest BCUT2D eigenvalue weighted by atomic mass is 16.1. The van der Waals surface area contributed by atoms with Crippen molar-refractivity contribution in [2.45, 2.75) is 20.3 Å². The van der Waals surface area contributed by atoms with E-state index in [0.29, 0.717) is 5.92 Å². The van der Waals surface area contributed by atoms with Gasteiger partial charge in [0.2, 0.25) is 0 Å². The van der Waals surface area contributed by atoms with E-state index in [9.17, 15) is 4.79 Å². The van der Waals surface area contributed by atoms with Gasteiger partial charge in [-0.3, -0.25) is 4.79 Å². The number of carbonyl (C=O) groups is 1. The fraction of sp³-hybridized carbons (Fsp3) is 0.417. The maximum atomic E-state index is 11.5. The molecule has 1 aromatic rings. The van der Waals surface area contributed by atoms with Gasteiger partial charge < -0.3 is 5.32 Å². The number of amides is 1. The SMILES string of the molecule is CNC(=O)c1ccccc1CC(C)C. The summed E-state index contributed by atoms with van der Waals surface area (Å²) < 4.78 is 0. The van der Waals surface area contributed by atoms with E-state index < -0.39 is 0 Å². The van der Waals surface area contributed by atoms with Crippen molar-refractivity contribution in [2.75, 3.05) is 7.05 Å². The minimum absolute atomic E-state index is 0.00116. The lowest BCUT2D eigenvalue weighted by atomic mass is 9.98. The summed E-state index contributed by atoms with van der Waals surface area (Å²) in [6.45, 7) is 4.31. The number of hydrogen-bond acceptors (Lipinski definition) is 1. The van der Waals surface area contributed by atoms with Crippen LogP contribution >= 0.6 is 0 Å². The van der Waals surface area contributed by atoms with Crippen molar-refractivity contribution < 1.29 is 4.79 Å². The zero-order valence-corrected chi connectivity index (χ0v) is 9.00. The second-order valence-corrected chi connectivity index (χ2v) is 3.83. The van der Waals surface area contributed by atoms with Gasteiger partial charge in [0.1, 0.15) is 0 Å². The van der Waals surface area contributed by atoms with Gasteiger partial charge in [0, 0.05) is 12.6 Å². The van der Waals surface area contributed by atoms with Crippen LogP contribution in [0.3, 0.4) is 0 Å². The van der Waals surface area contributed by atoms with Crippen LogP contribution in [0.25, 0.3) is 0 Å². The van der Waals surface area contributed by atoms with Crippen LogP contribution in [-0.2, 0) is 6.42 Å². The van der Waals surface area contributed by atoms with E-state index in [4.69, 9.17) is 0 Å². The number of carbonyl (C=O) groups excluding carboxylic acids is 1. The van der Waals surface area contributed by atoms with Crippen molar-refractivity contribution in [2.24, 2.45) is 5.92 Å². The smallest absolute Gasteiger partial charge is 0.251 e. The molecule has 0 unspecified atom stereocenters. The Labute approximate surface area is 85.3 Å². The molecule has 76 valence electrons. The van der Waals surface area contributed by atoms with Gasteiger partial charge in [-0.2, -0.15) is 0 Å². The molecule has 0 saturated carbocycles. The van der Waals surface area contributed by atoms with E-state index in [1.54, 1.807) is 7.05 Å². The van der Waals surface area contributed by atoms with E-state index in [1.165, 1.54) is 0 Å². The summed E-state index contributed by atoms with van der Waals surface area (Å²) in [5, 5.41) is 2.66. The Hall–Kier alpha value is -1.31. The Morgan fingerprint density at radius 3 is 2.57 bits per heavy atom. The molecule has 0 atom stereocenters. The number of benzene rings is 1. The Kier molecular flexibility index (Phi) is 3.69. The molecule has 2 nitrogen and oxygen atoms in total. The van der Waals surface area contributed by atoms with Crippen LogP contribution in [0.15, 0.2) is 24.3 Å². The molecule has 0 heterocycles. The van der Waals surface area contributed by atoms with Crippen molar-refractivity contribution in [3.05, 3.63) is 35.4 Å². The first-order chi connectivity index (χ1) is 6.65. The largest absolute Gasteiger partial charge is 0.355 e. The third-order valence-electron chi connectivity index (χ3n) is 2.12. The van der Waals surface area contributed by atoms with Gasteiger partial charge in [-0.15, -0.1) is 0 Å². The van der Waals surface area contributed by atoms with E-state index >= 15 is 0 Å². The molecule has 0 fully saturated rings. The van der Waals surface area contributed by atoms with Gasteiger partial charge in [0.15, 0.2) is 0 Å². The Morgan fingerprint density at radius 2 is 2.00 bits per heavy atom. The monoisotopic (exact) mass is 191 g/mol. The maximum Gasteiger partial charge on any atom is 0.251 e. The maximum absolute atomic E-state index is 11.5. The summed E-state index contributed by atoms with van der Waals surface area (Å²) >= 11 is 0. The Bertz CT molecular complexity index is 318. The number of rotatable bonds is 3. The van der Waals surface area contributed by atoms with Crippen molar-refractivity contribution >= 4 is 5.91 Å². The van der Waals surface area contributed by atoms with Crippen molar-refractivity contribution in [3.63, 3.8) is 0 Å². The molecule has 0 aliphatic heterocycles. The quantitative estimate of drug-likeness (QED) is 0.780. The van der Waals surface area contributed by atoms with E-state index in [1.807, 2.05) is 24.3 Å². The fourth-order valence-corrected chi connectivity index (χ4v) is 1.49. The summed E-state index contributed by atoms with van der Waals surface area (Å²) in [5.41, 5.74) is 1.92. The predicted octanol–water partition coefficient (Wildman–Crippen LogP) is 2.24. The first kappa shape index (κ1) is 10.8. The van der Waals surface area contributed by atoms with E-state index in [0.717, 1.165) is 17.5 Å². The highest BCUT2D eigenvalue weighted by molar-refractivity contribution is 5.95. The molecule has 1 aromatic carbocycles.